The Kier molecular flexibility index (Phi) is 1.57. The summed E-state index contributed by atoms with van der Waals surface area (Å²) < 4.78 is 0. The van der Waals surface area contributed by atoms with Gasteiger partial charge < -0.3 is 5.32 Å². The minimum absolute atomic E-state index is 0.0698. The van der Waals surface area contributed by atoms with Crippen LogP contribution in [0, 0.1) is 5.41 Å². The maximum atomic E-state index is 10.4. The third-order valence-corrected chi connectivity index (χ3v) is 1.38. The van der Waals surface area contributed by atoms with Crippen molar-refractivity contribution in [2.24, 2.45) is 0 Å². The quantitative estimate of drug-likeness (QED) is 0.411. The SMILES string of the molecule is N=C1NC(=O)NCC1Cl. The summed E-state index contributed by atoms with van der Waals surface area (Å²) in [7, 11) is 0. The second kappa shape index (κ2) is 2.23. The van der Waals surface area contributed by atoms with Crippen LogP contribution in [0.5, 0.6) is 0 Å². The van der Waals surface area contributed by atoms with Crippen LogP contribution in [0.25, 0.3) is 0 Å². The zero-order valence-corrected chi connectivity index (χ0v) is 5.33. The molecule has 0 aliphatic carbocycles. The van der Waals surface area contributed by atoms with E-state index in [1.165, 1.54) is 0 Å². The third kappa shape index (κ3) is 1.32. The highest BCUT2D eigenvalue weighted by Gasteiger charge is 2.19. The van der Waals surface area contributed by atoms with Crippen molar-refractivity contribution in [2.75, 3.05) is 6.54 Å². The summed E-state index contributed by atoms with van der Waals surface area (Å²) >= 11 is 5.53. The molecule has 1 heterocycles. The molecule has 0 aromatic heterocycles. The number of halogens is 1. The zero-order chi connectivity index (χ0) is 6.85. The van der Waals surface area contributed by atoms with E-state index in [-0.39, 0.29) is 11.9 Å². The van der Waals surface area contributed by atoms with E-state index in [0.717, 1.165) is 0 Å². The molecule has 1 aliphatic rings. The predicted octanol–water partition coefficient (Wildman–Crippen LogP) is -0.116. The molecule has 1 atom stereocenters. The first-order valence-corrected chi connectivity index (χ1v) is 2.91. The molecule has 0 saturated carbocycles. The van der Waals surface area contributed by atoms with Crippen LogP contribution < -0.4 is 10.6 Å². The van der Waals surface area contributed by atoms with E-state index in [1.54, 1.807) is 0 Å². The molecule has 1 fully saturated rings. The van der Waals surface area contributed by atoms with Gasteiger partial charge in [-0.2, -0.15) is 0 Å². The van der Waals surface area contributed by atoms with Crippen molar-refractivity contribution in [3.8, 4) is 0 Å². The van der Waals surface area contributed by atoms with E-state index in [0.29, 0.717) is 6.54 Å². The summed E-state index contributed by atoms with van der Waals surface area (Å²) in [5, 5.41) is 11.3. The summed E-state index contributed by atoms with van der Waals surface area (Å²) in [6, 6.07) is -0.350. The van der Waals surface area contributed by atoms with Crippen LogP contribution in [0.15, 0.2) is 0 Å². The number of rotatable bonds is 0. The first-order chi connectivity index (χ1) is 4.20. The fourth-order valence-corrected chi connectivity index (χ4v) is 0.661. The Morgan fingerprint density at radius 2 is 2.44 bits per heavy atom. The van der Waals surface area contributed by atoms with Crippen LogP contribution in [0.1, 0.15) is 0 Å². The molecule has 0 aromatic rings. The molecule has 50 valence electrons. The van der Waals surface area contributed by atoms with Crippen molar-refractivity contribution < 1.29 is 4.79 Å². The standard InChI is InChI=1S/C4H6ClN3O/c5-2-1-7-4(9)8-3(2)6/h2H,1H2,(H3,6,7,8,9). The van der Waals surface area contributed by atoms with Gasteiger partial charge in [0.1, 0.15) is 11.2 Å². The van der Waals surface area contributed by atoms with Crippen molar-refractivity contribution in [3.63, 3.8) is 0 Å². The lowest BCUT2D eigenvalue weighted by Crippen LogP contribution is -2.52. The van der Waals surface area contributed by atoms with Crippen LogP contribution >= 0.6 is 11.6 Å². The highest BCUT2D eigenvalue weighted by molar-refractivity contribution is 6.33. The number of amides is 2. The molecule has 4 nitrogen and oxygen atoms in total. The van der Waals surface area contributed by atoms with E-state index in [9.17, 15) is 4.79 Å². The van der Waals surface area contributed by atoms with Crippen molar-refractivity contribution >= 4 is 23.5 Å². The lowest BCUT2D eigenvalue weighted by molar-refractivity contribution is 0.243. The highest BCUT2D eigenvalue weighted by Crippen LogP contribution is 1.97. The van der Waals surface area contributed by atoms with Crippen molar-refractivity contribution in [1.29, 1.82) is 5.41 Å². The lowest BCUT2D eigenvalue weighted by atomic mass is 10.3. The van der Waals surface area contributed by atoms with Crippen molar-refractivity contribution in [2.45, 2.75) is 5.38 Å². The average molecular weight is 148 g/mol. The minimum atomic E-state index is -0.400. The average Bonchev–Trinajstić information content (AvgIpc) is 1.80. The van der Waals surface area contributed by atoms with E-state index in [2.05, 4.69) is 10.6 Å². The Balaban J connectivity index is 2.54. The van der Waals surface area contributed by atoms with Gasteiger partial charge in [-0.3, -0.25) is 10.7 Å². The number of alkyl halides is 1. The molecule has 1 saturated heterocycles. The van der Waals surface area contributed by atoms with Crippen LogP contribution in [0.2, 0.25) is 0 Å². The number of amidine groups is 1. The van der Waals surface area contributed by atoms with Gasteiger partial charge in [0.15, 0.2) is 0 Å². The summed E-state index contributed by atoms with van der Waals surface area (Å²) in [5.41, 5.74) is 0. The monoisotopic (exact) mass is 147 g/mol. The Hall–Kier alpha value is -0.770. The summed E-state index contributed by atoms with van der Waals surface area (Å²) in [6.45, 7) is 0.340. The molecule has 0 bridgehead atoms. The van der Waals surface area contributed by atoms with Crippen molar-refractivity contribution in [1.82, 2.24) is 10.6 Å². The highest BCUT2D eigenvalue weighted by atomic mass is 35.5. The van der Waals surface area contributed by atoms with Crippen molar-refractivity contribution in [3.05, 3.63) is 0 Å². The van der Waals surface area contributed by atoms with Gasteiger partial charge in [-0.15, -0.1) is 11.6 Å². The topological polar surface area (TPSA) is 65.0 Å². The van der Waals surface area contributed by atoms with E-state index in [4.69, 9.17) is 17.0 Å². The number of urea groups is 1. The molecule has 1 aliphatic heterocycles. The third-order valence-electron chi connectivity index (χ3n) is 1.00. The summed E-state index contributed by atoms with van der Waals surface area (Å²) in [4.78, 5) is 10.4. The molecular formula is C4H6ClN3O. The van der Waals surface area contributed by atoms with Crippen LogP contribution in [-0.4, -0.2) is 23.8 Å². The molecule has 1 rings (SSSR count). The van der Waals surface area contributed by atoms with Gasteiger partial charge in [-0.1, -0.05) is 0 Å². The van der Waals surface area contributed by atoms with Crippen LogP contribution in [-0.2, 0) is 0 Å². The normalized spacial score (nSPS) is 27.0. The summed E-state index contributed by atoms with van der Waals surface area (Å²) in [5.74, 6) is 0.0698. The number of carbonyl (C=O) groups excluding carboxylic acids is 1. The Morgan fingerprint density at radius 1 is 1.78 bits per heavy atom. The predicted molar refractivity (Wildman–Crippen MR) is 33.9 cm³/mol. The van der Waals surface area contributed by atoms with Crippen LogP contribution in [0.4, 0.5) is 4.79 Å². The smallest absolute Gasteiger partial charge is 0.320 e. The Labute approximate surface area is 57.1 Å². The molecule has 2 amide bonds. The number of hydrogen-bond donors (Lipinski definition) is 3. The molecule has 0 aromatic carbocycles. The van der Waals surface area contributed by atoms with Gasteiger partial charge in [0.25, 0.3) is 0 Å². The van der Waals surface area contributed by atoms with Gasteiger partial charge in [0.05, 0.1) is 0 Å². The molecular weight excluding hydrogens is 142 g/mol. The van der Waals surface area contributed by atoms with Gasteiger partial charge in [-0.25, -0.2) is 4.79 Å². The maximum Gasteiger partial charge on any atom is 0.320 e. The Morgan fingerprint density at radius 3 is 2.89 bits per heavy atom. The molecule has 9 heavy (non-hydrogen) atoms. The van der Waals surface area contributed by atoms with E-state index >= 15 is 0 Å². The van der Waals surface area contributed by atoms with E-state index < -0.39 is 5.38 Å². The van der Waals surface area contributed by atoms with Gasteiger partial charge in [-0.05, 0) is 0 Å². The van der Waals surface area contributed by atoms with Gasteiger partial charge in [0, 0.05) is 6.54 Å². The minimum Gasteiger partial charge on any atom is -0.336 e. The molecule has 0 radical (unpaired) electrons. The first-order valence-electron chi connectivity index (χ1n) is 2.47. The second-order valence-corrected chi connectivity index (χ2v) is 2.24. The van der Waals surface area contributed by atoms with Gasteiger partial charge >= 0.3 is 6.03 Å². The lowest BCUT2D eigenvalue weighted by Gasteiger charge is -2.18. The molecule has 0 spiro atoms. The number of nitrogens with one attached hydrogen (secondary N) is 3. The second-order valence-electron chi connectivity index (χ2n) is 1.72. The largest absolute Gasteiger partial charge is 0.336 e. The fraction of sp³-hybridized carbons (Fsp3) is 0.500. The fourth-order valence-electron chi connectivity index (χ4n) is 0.529. The Bertz CT molecular complexity index is 158. The zero-order valence-electron chi connectivity index (χ0n) is 4.57. The molecule has 1 unspecified atom stereocenters. The number of hydrogen-bond acceptors (Lipinski definition) is 2. The van der Waals surface area contributed by atoms with E-state index in [1.807, 2.05) is 0 Å². The molecule has 3 N–H and O–H groups in total. The number of carbonyl (C=O) groups is 1. The van der Waals surface area contributed by atoms with Crippen LogP contribution in [0.3, 0.4) is 0 Å². The molecule has 5 heteroatoms. The first kappa shape index (κ1) is 6.35. The maximum absolute atomic E-state index is 10.4. The summed E-state index contributed by atoms with van der Waals surface area (Å²) in [6.07, 6.45) is 0. The van der Waals surface area contributed by atoms with Gasteiger partial charge in [0.2, 0.25) is 0 Å².